The van der Waals surface area contributed by atoms with Gasteiger partial charge in [-0.25, -0.2) is 0 Å². The van der Waals surface area contributed by atoms with E-state index in [0.29, 0.717) is 6.54 Å². The van der Waals surface area contributed by atoms with E-state index in [-0.39, 0.29) is 16.9 Å². The minimum Gasteiger partial charge on any atom is -0.348 e. The first kappa shape index (κ1) is 15.5. The predicted octanol–water partition coefficient (Wildman–Crippen LogP) is 2.92. The summed E-state index contributed by atoms with van der Waals surface area (Å²) in [4.78, 5) is 16.2. The summed E-state index contributed by atoms with van der Waals surface area (Å²) in [6.45, 7) is 8.36. The molecule has 1 amide bonds. The standard InChI is InChI=1S/C19H28N2O/c1-18(2,3)15-6-7-16-14(12-15)8-11-21(19(16)9-10-19)13-17(22)20(4)5/h6-7,12H,8-11,13H2,1-5H3. The van der Waals surface area contributed by atoms with Crippen LogP contribution in [0.5, 0.6) is 0 Å². The molecule has 1 fully saturated rings. The number of fused-ring (bicyclic) bond motifs is 2. The summed E-state index contributed by atoms with van der Waals surface area (Å²) in [5.41, 5.74) is 4.73. The van der Waals surface area contributed by atoms with Crippen molar-refractivity contribution < 1.29 is 4.79 Å². The molecule has 0 aromatic heterocycles. The van der Waals surface area contributed by atoms with Crippen molar-refractivity contribution in [2.75, 3.05) is 27.2 Å². The molecule has 3 heteroatoms. The molecular formula is C19H28N2O. The number of likely N-dealkylation sites (N-methyl/N-ethyl adjacent to an activating group) is 1. The van der Waals surface area contributed by atoms with Crippen LogP contribution in [0.1, 0.15) is 50.3 Å². The molecule has 1 aliphatic carbocycles. The summed E-state index contributed by atoms with van der Waals surface area (Å²) in [5, 5.41) is 0. The second kappa shape index (κ2) is 5.09. The molecule has 0 bridgehead atoms. The summed E-state index contributed by atoms with van der Waals surface area (Å²) in [7, 11) is 3.69. The normalized spacial score (nSPS) is 19.9. The fourth-order valence-electron chi connectivity index (χ4n) is 3.60. The zero-order valence-electron chi connectivity index (χ0n) is 14.6. The zero-order valence-corrected chi connectivity index (χ0v) is 14.6. The van der Waals surface area contributed by atoms with Gasteiger partial charge in [-0.15, -0.1) is 0 Å². The molecule has 1 spiro atoms. The molecule has 22 heavy (non-hydrogen) atoms. The largest absolute Gasteiger partial charge is 0.348 e. The van der Waals surface area contributed by atoms with Gasteiger partial charge in [0, 0.05) is 26.2 Å². The van der Waals surface area contributed by atoms with E-state index < -0.39 is 0 Å². The average Bonchev–Trinajstić information content (AvgIpc) is 3.22. The Hall–Kier alpha value is -1.35. The van der Waals surface area contributed by atoms with E-state index in [1.165, 1.54) is 29.5 Å². The molecular weight excluding hydrogens is 272 g/mol. The van der Waals surface area contributed by atoms with E-state index in [1.54, 1.807) is 4.90 Å². The molecule has 1 saturated carbocycles. The highest BCUT2D eigenvalue weighted by Gasteiger charge is 2.52. The van der Waals surface area contributed by atoms with Gasteiger partial charge >= 0.3 is 0 Å². The monoisotopic (exact) mass is 300 g/mol. The van der Waals surface area contributed by atoms with Crippen LogP contribution in [0.3, 0.4) is 0 Å². The Morgan fingerprint density at radius 2 is 1.95 bits per heavy atom. The molecule has 3 rings (SSSR count). The Morgan fingerprint density at radius 3 is 2.50 bits per heavy atom. The van der Waals surface area contributed by atoms with Crippen LogP contribution in [0.2, 0.25) is 0 Å². The van der Waals surface area contributed by atoms with Crippen LogP contribution in [0.25, 0.3) is 0 Å². The van der Waals surface area contributed by atoms with Crippen LogP contribution in [0, 0.1) is 0 Å². The maximum Gasteiger partial charge on any atom is 0.236 e. The van der Waals surface area contributed by atoms with E-state index in [1.807, 2.05) is 14.1 Å². The van der Waals surface area contributed by atoms with Gasteiger partial charge in [0.2, 0.25) is 5.91 Å². The number of carbonyl (C=O) groups excluding carboxylic acids is 1. The zero-order chi connectivity index (χ0) is 16.1. The van der Waals surface area contributed by atoms with Crippen molar-refractivity contribution in [2.45, 2.75) is 51.0 Å². The lowest BCUT2D eigenvalue weighted by molar-refractivity contribution is -0.130. The first-order valence-corrected chi connectivity index (χ1v) is 8.33. The van der Waals surface area contributed by atoms with Gasteiger partial charge in [0.1, 0.15) is 0 Å². The van der Waals surface area contributed by atoms with Crippen LogP contribution in [-0.2, 0) is 22.2 Å². The number of rotatable bonds is 2. The number of carbonyl (C=O) groups is 1. The smallest absolute Gasteiger partial charge is 0.236 e. The minimum absolute atomic E-state index is 0.148. The van der Waals surface area contributed by atoms with E-state index in [2.05, 4.69) is 43.9 Å². The van der Waals surface area contributed by atoms with Gasteiger partial charge in [0.25, 0.3) is 0 Å². The highest BCUT2D eigenvalue weighted by Crippen LogP contribution is 2.54. The fourth-order valence-corrected chi connectivity index (χ4v) is 3.60. The van der Waals surface area contributed by atoms with Crippen molar-refractivity contribution in [2.24, 2.45) is 0 Å². The first-order valence-electron chi connectivity index (χ1n) is 8.33. The topological polar surface area (TPSA) is 23.6 Å². The minimum atomic E-state index is 0.148. The van der Waals surface area contributed by atoms with Crippen molar-refractivity contribution in [3.63, 3.8) is 0 Å². The van der Waals surface area contributed by atoms with E-state index in [9.17, 15) is 4.79 Å². The lowest BCUT2D eigenvalue weighted by Crippen LogP contribution is -2.46. The summed E-state index contributed by atoms with van der Waals surface area (Å²) in [5.74, 6) is 0.209. The maximum absolute atomic E-state index is 12.1. The summed E-state index contributed by atoms with van der Waals surface area (Å²) in [6, 6.07) is 7.02. The second-order valence-corrected chi connectivity index (χ2v) is 8.11. The van der Waals surface area contributed by atoms with Gasteiger partial charge in [0.05, 0.1) is 6.54 Å². The molecule has 3 nitrogen and oxygen atoms in total. The molecule has 1 aromatic carbocycles. The van der Waals surface area contributed by atoms with Crippen molar-refractivity contribution in [1.29, 1.82) is 0 Å². The quantitative estimate of drug-likeness (QED) is 0.838. The van der Waals surface area contributed by atoms with Gasteiger partial charge < -0.3 is 4.90 Å². The Bertz CT molecular complexity index is 594. The maximum atomic E-state index is 12.1. The first-order chi connectivity index (χ1) is 10.2. The number of hydrogen-bond donors (Lipinski definition) is 0. The third kappa shape index (κ3) is 2.56. The highest BCUT2D eigenvalue weighted by atomic mass is 16.2. The third-order valence-corrected chi connectivity index (χ3v) is 5.28. The van der Waals surface area contributed by atoms with Crippen LogP contribution in [0.4, 0.5) is 0 Å². The Balaban J connectivity index is 1.89. The Morgan fingerprint density at radius 1 is 1.27 bits per heavy atom. The van der Waals surface area contributed by atoms with Crippen molar-refractivity contribution in [1.82, 2.24) is 9.80 Å². The van der Waals surface area contributed by atoms with Gasteiger partial charge in [-0.2, -0.15) is 0 Å². The molecule has 0 unspecified atom stereocenters. The predicted molar refractivity (Wildman–Crippen MR) is 90.0 cm³/mol. The summed E-state index contributed by atoms with van der Waals surface area (Å²) >= 11 is 0. The number of amides is 1. The summed E-state index contributed by atoms with van der Waals surface area (Å²) < 4.78 is 0. The summed E-state index contributed by atoms with van der Waals surface area (Å²) in [6.07, 6.45) is 3.44. The average molecular weight is 300 g/mol. The van der Waals surface area contributed by atoms with E-state index >= 15 is 0 Å². The van der Waals surface area contributed by atoms with Gasteiger partial charge in [-0.3, -0.25) is 9.69 Å². The number of benzene rings is 1. The molecule has 1 aliphatic heterocycles. The van der Waals surface area contributed by atoms with Crippen LogP contribution in [-0.4, -0.2) is 42.9 Å². The number of hydrogen-bond acceptors (Lipinski definition) is 2. The Kier molecular flexibility index (Phi) is 3.59. The lowest BCUT2D eigenvalue weighted by atomic mass is 9.82. The highest BCUT2D eigenvalue weighted by molar-refractivity contribution is 5.78. The molecule has 1 heterocycles. The second-order valence-electron chi connectivity index (χ2n) is 8.11. The van der Waals surface area contributed by atoms with Gasteiger partial charge in [0.15, 0.2) is 0 Å². The van der Waals surface area contributed by atoms with Crippen molar-refractivity contribution in [3.05, 3.63) is 34.9 Å². The van der Waals surface area contributed by atoms with Gasteiger partial charge in [-0.05, 0) is 41.4 Å². The fraction of sp³-hybridized carbons (Fsp3) is 0.632. The molecule has 0 N–H and O–H groups in total. The third-order valence-electron chi connectivity index (χ3n) is 5.28. The van der Waals surface area contributed by atoms with Crippen LogP contribution < -0.4 is 0 Å². The van der Waals surface area contributed by atoms with Crippen LogP contribution >= 0.6 is 0 Å². The van der Waals surface area contributed by atoms with Gasteiger partial charge in [-0.1, -0.05) is 39.0 Å². The Labute approximate surface area is 134 Å². The molecule has 0 atom stereocenters. The van der Waals surface area contributed by atoms with Crippen LogP contribution in [0.15, 0.2) is 18.2 Å². The lowest BCUT2D eigenvalue weighted by Gasteiger charge is -2.38. The van der Waals surface area contributed by atoms with Crippen molar-refractivity contribution >= 4 is 5.91 Å². The SMILES string of the molecule is CN(C)C(=O)CN1CCc2cc(C(C)(C)C)ccc2C12CC2. The van der Waals surface area contributed by atoms with E-state index in [0.717, 1.165) is 13.0 Å². The number of nitrogens with zero attached hydrogens (tertiary/aromatic N) is 2. The van der Waals surface area contributed by atoms with Crippen molar-refractivity contribution in [3.8, 4) is 0 Å². The molecule has 0 radical (unpaired) electrons. The molecule has 120 valence electrons. The molecule has 2 aliphatic rings. The van der Waals surface area contributed by atoms with E-state index in [4.69, 9.17) is 0 Å². The molecule has 1 aromatic rings. The molecule has 0 saturated heterocycles.